The molecule has 0 unspecified atom stereocenters. The molecule has 48 heavy (non-hydrogen) atoms. The van der Waals surface area contributed by atoms with E-state index in [-0.39, 0.29) is 48.4 Å². The molecule has 258 valence electrons. The average Bonchev–Trinajstić information content (AvgIpc) is 3.72. The number of fused-ring (bicyclic) bond motifs is 1. The Morgan fingerprint density at radius 3 is 2.42 bits per heavy atom. The van der Waals surface area contributed by atoms with Gasteiger partial charge in [0.05, 0.1) is 47.9 Å². The lowest BCUT2D eigenvalue weighted by Crippen LogP contribution is -2.45. The van der Waals surface area contributed by atoms with Crippen molar-refractivity contribution in [1.29, 1.82) is 0 Å². The normalized spacial score (nSPS) is 24.7. The summed E-state index contributed by atoms with van der Waals surface area (Å²) < 4.78 is 12.2. The third-order valence-corrected chi connectivity index (χ3v) is 11.1. The predicted molar refractivity (Wildman–Crippen MR) is 186 cm³/mol. The van der Waals surface area contributed by atoms with Gasteiger partial charge in [0, 0.05) is 42.9 Å². The molecule has 4 aliphatic rings. The second-order valence-electron chi connectivity index (χ2n) is 13.5. The number of nitrogens with one attached hydrogen (secondary N) is 1. The molecule has 0 bridgehead atoms. The Hall–Kier alpha value is -2.95. The molecule has 2 aromatic rings. The van der Waals surface area contributed by atoms with Gasteiger partial charge in [0.25, 0.3) is 5.91 Å². The van der Waals surface area contributed by atoms with Gasteiger partial charge in [-0.15, -0.1) is 0 Å². The first-order valence-electron chi connectivity index (χ1n) is 17.3. The first-order valence-corrected chi connectivity index (χ1v) is 18.0. The lowest BCUT2D eigenvalue weighted by Gasteiger charge is -2.35. The fraction of sp³-hybridized carbons (Fsp3) is 0.541. The summed E-state index contributed by atoms with van der Waals surface area (Å²) in [6.45, 7) is 5.63. The number of allylic oxidation sites excluding steroid dienone is 1. The SMILES string of the molecule is CCOC1CCN([C@H]2C[C@@H](COC3CCC(C(=O)O)CC3)N(C(=O)Cc3cc(Cl)c(NC(=O)C4=CCc5ccccc54)cc3Cl)C2)CC1. The van der Waals surface area contributed by atoms with Crippen LogP contribution in [0, 0.1) is 5.92 Å². The highest BCUT2D eigenvalue weighted by molar-refractivity contribution is 6.37. The van der Waals surface area contributed by atoms with Crippen LogP contribution in [0.3, 0.4) is 0 Å². The highest BCUT2D eigenvalue weighted by Crippen LogP contribution is 2.34. The van der Waals surface area contributed by atoms with Crippen molar-refractivity contribution in [3.8, 4) is 0 Å². The number of rotatable bonds is 11. The Morgan fingerprint density at radius 2 is 1.69 bits per heavy atom. The molecule has 2 aromatic carbocycles. The maximum absolute atomic E-state index is 14.0. The van der Waals surface area contributed by atoms with Crippen LogP contribution in [0.4, 0.5) is 5.69 Å². The Balaban J connectivity index is 1.11. The van der Waals surface area contributed by atoms with E-state index in [1.807, 2.05) is 42.2 Å². The zero-order chi connectivity index (χ0) is 33.8. The van der Waals surface area contributed by atoms with Crippen molar-refractivity contribution in [2.24, 2.45) is 5.92 Å². The molecule has 0 radical (unpaired) electrons. The van der Waals surface area contributed by atoms with E-state index >= 15 is 0 Å². The lowest BCUT2D eigenvalue weighted by molar-refractivity contribution is -0.144. The van der Waals surface area contributed by atoms with Crippen LogP contribution in [0.2, 0.25) is 10.0 Å². The second kappa shape index (κ2) is 15.7. The molecule has 1 saturated carbocycles. The Kier molecular flexibility index (Phi) is 11.4. The molecular weight excluding hydrogens is 653 g/mol. The fourth-order valence-electron chi connectivity index (χ4n) is 7.76. The number of benzene rings is 2. The van der Waals surface area contributed by atoms with Crippen LogP contribution in [0.15, 0.2) is 42.5 Å². The van der Waals surface area contributed by atoms with Crippen LogP contribution < -0.4 is 5.32 Å². The van der Waals surface area contributed by atoms with Gasteiger partial charge in [-0.1, -0.05) is 53.5 Å². The van der Waals surface area contributed by atoms with Gasteiger partial charge in [-0.05, 0) is 87.1 Å². The first kappa shape index (κ1) is 34.9. The van der Waals surface area contributed by atoms with Crippen LogP contribution in [0.1, 0.15) is 68.6 Å². The number of hydrogen-bond donors (Lipinski definition) is 2. The number of carbonyl (C=O) groups is 3. The maximum atomic E-state index is 14.0. The highest BCUT2D eigenvalue weighted by Gasteiger charge is 2.40. The van der Waals surface area contributed by atoms with Crippen molar-refractivity contribution < 1.29 is 29.0 Å². The van der Waals surface area contributed by atoms with Crippen molar-refractivity contribution in [2.45, 2.75) is 89.0 Å². The number of likely N-dealkylation sites (tertiary alicyclic amines) is 2. The lowest BCUT2D eigenvalue weighted by atomic mass is 9.87. The number of ether oxygens (including phenoxy) is 2. The van der Waals surface area contributed by atoms with Crippen molar-refractivity contribution in [3.63, 3.8) is 0 Å². The molecule has 2 aliphatic carbocycles. The summed E-state index contributed by atoms with van der Waals surface area (Å²) in [7, 11) is 0. The molecule has 2 atom stereocenters. The molecule has 2 heterocycles. The molecule has 2 N–H and O–H groups in total. The van der Waals surface area contributed by atoms with Gasteiger partial charge >= 0.3 is 5.97 Å². The van der Waals surface area contributed by atoms with Gasteiger partial charge < -0.3 is 24.8 Å². The third kappa shape index (κ3) is 8.08. The monoisotopic (exact) mass is 697 g/mol. The van der Waals surface area contributed by atoms with E-state index < -0.39 is 5.97 Å². The van der Waals surface area contributed by atoms with Crippen LogP contribution in [0.5, 0.6) is 0 Å². The number of piperidine rings is 1. The van der Waals surface area contributed by atoms with Crippen LogP contribution >= 0.6 is 23.2 Å². The molecule has 0 spiro atoms. The van der Waals surface area contributed by atoms with E-state index in [1.165, 1.54) is 0 Å². The van der Waals surface area contributed by atoms with E-state index in [4.69, 9.17) is 32.7 Å². The van der Waals surface area contributed by atoms with E-state index in [9.17, 15) is 19.5 Å². The van der Waals surface area contributed by atoms with E-state index in [0.717, 1.165) is 50.1 Å². The molecule has 0 aromatic heterocycles. The number of aliphatic carboxylic acids is 1. The molecule has 3 fully saturated rings. The van der Waals surface area contributed by atoms with Crippen LogP contribution in [-0.4, -0.2) is 89.8 Å². The summed E-state index contributed by atoms with van der Waals surface area (Å²) in [4.78, 5) is 42.9. The minimum atomic E-state index is -0.733. The Labute approximate surface area is 292 Å². The van der Waals surface area contributed by atoms with Crippen molar-refractivity contribution in [2.75, 3.05) is 38.2 Å². The topological polar surface area (TPSA) is 108 Å². The highest BCUT2D eigenvalue weighted by atomic mass is 35.5. The Morgan fingerprint density at radius 1 is 0.958 bits per heavy atom. The smallest absolute Gasteiger partial charge is 0.306 e. The van der Waals surface area contributed by atoms with Crippen LogP contribution in [0.25, 0.3) is 5.57 Å². The summed E-state index contributed by atoms with van der Waals surface area (Å²) in [5.74, 6) is -1.34. The van der Waals surface area contributed by atoms with Crippen molar-refractivity contribution in [3.05, 3.63) is 69.2 Å². The summed E-state index contributed by atoms with van der Waals surface area (Å²) in [5, 5.41) is 13.0. The number of carboxylic acids is 1. The zero-order valence-corrected chi connectivity index (χ0v) is 29.0. The molecule has 2 aliphatic heterocycles. The van der Waals surface area contributed by atoms with Gasteiger partial charge in [-0.2, -0.15) is 0 Å². The largest absolute Gasteiger partial charge is 0.481 e. The molecule has 6 rings (SSSR count). The minimum absolute atomic E-state index is 0.00280. The standard InChI is InChI=1S/C37H45Cl2N3O6/c1-2-47-29-13-15-41(16-14-29)26-19-27(22-48-28-10-7-24(8-11-28)37(45)46)42(21-26)35(43)18-25-17-33(39)34(20-32(25)38)40-36(44)31-12-9-23-5-3-4-6-30(23)31/h3-6,12,17,20,24,26-29H,2,7-11,13-16,18-19,21-22H2,1H3,(H,40,44)(H,45,46)/t24?,26-,27-,28?/m0/s1. The molecule has 11 heteroatoms. The maximum Gasteiger partial charge on any atom is 0.306 e. The third-order valence-electron chi connectivity index (χ3n) is 10.5. The average molecular weight is 699 g/mol. The molecular formula is C37H45Cl2N3O6. The fourth-order valence-corrected chi connectivity index (χ4v) is 8.22. The minimum Gasteiger partial charge on any atom is -0.481 e. The summed E-state index contributed by atoms with van der Waals surface area (Å²) in [6.07, 6.45) is 8.41. The number of hydrogen-bond acceptors (Lipinski definition) is 6. The second-order valence-corrected chi connectivity index (χ2v) is 14.3. The number of halogens is 2. The first-order chi connectivity index (χ1) is 23.2. The molecule has 2 saturated heterocycles. The van der Waals surface area contributed by atoms with E-state index in [2.05, 4.69) is 10.2 Å². The quantitative estimate of drug-likeness (QED) is 0.286. The Bertz CT molecular complexity index is 1530. The number of carboxylic acid groups (broad SMARTS) is 1. The summed E-state index contributed by atoms with van der Waals surface area (Å²) >= 11 is 13.4. The van der Waals surface area contributed by atoms with Crippen molar-refractivity contribution >= 4 is 52.2 Å². The van der Waals surface area contributed by atoms with Gasteiger partial charge in [0.2, 0.25) is 5.91 Å². The van der Waals surface area contributed by atoms with Crippen LogP contribution in [-0.2, 0) is 36.7 Å². The number of carbonyl (C=O) groups excluding carboxylic acids is 2. The predicted octanol–water partition coefficient (Wildman–Crippen LogP) is 6.24. The molecule has 9 nitrogen and oxygen atoms in total. The summed E-state index contributed by atoms with van der Waals surface area (Å²) in [5.41, 5.74) is 3.62. The summed E-state index contributed by atoms with van der Waals surface area (Å²) in [6, 6.07) is 11.2. The number of nitrogens with zero attached hydrogens (tertiary/aromatic N) is 2. The van der Waals surface area contributed by atoms with Gasteiger partial charge in [-0.3, -0.25) is 19.3 Å². The van der Waals surface area contributed by atoms with E-state index in [0.29, 0.717) is 72.1 Å². The number of amides is 2. The van der Waals surface area contributed by atoms with Gasteiger partial charge in [0.15, 0.2) is 0 Å². The number of anilines is 1. The molecule has 2 amide bonds. The van der Waals surface area contributed by atoms with E-state index in [1.54, 1.807) is 12.1 Å². The van der Waals surface area contributed by atoms with Crippen molar-refractivity contribution in [1.82, 2.24) is 9.80 Å². The van der Waals surface area contributed by atoms with Gasteiger partial charge in [0.1, 0.15) is 0 Å². The zero-order valence-electron chi connectivity index (χ0n) is 27.5. The van der Waals surface area contributed by atoms with Gasteiger partial charge in [-0.25, -0.2) is 0 Å².